The molecule has 2 N–H and O–H groups in total. The van der Waals surface area contributed by atoms with Crippen molar-refractivity contribution in [2.45, 2.75) is 33.2 Å². The lowest BCUT2D eigenvalue weighted by molar-refractivity contribution is 0.0915. The van der Waals surface area contributed by atoms with Crippen LogP contribution in [0.1, 0.15) is 34.8 Å². The summed E-state index contributed by atoms with van der Waals surface area (Å²) >= 11 is 0. The van der Waals surface area contributed by atoms with Gasteiger partial charge in [-0.3, -0.25) is 4.79 Å². The number of carbonyl (C=O) groups is 1. The molecule has 3 rings (SSSR count). The quantitative estimate of drug-likeness (QED) is 0.702. The van der Waals surface area contributed by atoms with Gasteiger partial charge < -0.3 is 10.4 Å². The third-order valence-corrected chi connectivity index (χ3v) is 4.81. The van der Waals surface area contributed by atoms with Crippen molar-refractivity contribution in [3.8, 4) is 16.9 Å². The van der Waals surface area contributed by atoms with Gasteiger partial charge in [-0.2, -0.15) is 5.10 Å². The molecule has 5 heteroatoms. The number of aryl methyl sites for hydroxylation is 2. The van der Waals surface area contributed by atoms with E-state index in [0.717, 1.165) is 16.8 Å². The Kier molecular flexibility index (Phi) is 5.72. The molecule has 0 bridgehead atoms. The highest BCUT2D eigenvalue weighted by Crippen LogP contribution is 2.26. The summed E-state index contributed by atoms with van der Waals surface area (Å²) in [6, 6.07) is 15.5. The van der Waals surface area contributed by atoms with E-state index in [1.54, 1.807) is 10.9 Å². The molecule has 0 fully saturated rings. The maximum Gasteiger partial charge on any atom is 0.255 e. The minimum Gasteiger partial charge on any atom is -0.394 e. The second kappa shape index (κ2) is 8.18. The number of aliphatic hydroxyl groups is 1. The average molecular weight is 363 g/mol. The van der Waals surface area contributed by atoms with E-state index in [2.05, 4.69) is 12.2 Å². The van der Waals surface area contributed by atoms with Gasteiger partial charge in [0, 0.05) is 11.8 Å². The van der Waals surface area contributed by atoms with Crippen LogP contribution in [0.3, 0.4) is 0 Å². The van der Waals surface area contributed by atoms with Gasteiger partial charge in [0.1, 0.15) is 5.69 Å². The van der Waals surface area contributed by atoms with Crippen LogP contribution in [0.4, 0.5) is 0 Å². The molecular weight excluding hydrogens is 338 g/mol. The molecule has 0 spiro atoms. The Morgan fingerprint density at radius 2 is 1.89 bits per heavy atom. The summed E-state index contributed by atoms with van der Waals surface area (Å²) in [5.41, 5.74) is 5.25. The van der Waals surface area contributed by atoms with Crippen molar-refractivity contribution in [2.75, 3.05) is 6.61 Å². The summed E-state index contributed by atoms with van der Waals surface area (Å²) in [5.74, 6) is -0.230. The number of amides is 1. The molecule has 140 valence electrons. The normalized spacial score (nSPS) is 12.0. The van der Waals surface area contributed by atoms with Gasteiger partial charge in [0.05, 0.1) is 23.9 Å². The number of para-hydroxylation sites is 1. The van der Waals surface area contributed by atoms with Gasteiger partial charge in [-0.25, -0.2) is 4.68 Å². The van der Waals surface area contributed by atoms with Gasteiger partial charge in [-0.15, -0.1) is 0 Å². The molecule has 0 aliphatic heterocycles. The summed E-state index contributed by atoms with van der Waals surface area (Å²) in [5, 5.41) is 17.0. The Morgan fingerprint density at radius 3 is 2.52 bits per heavy atom. The first-order chi connectivity index (χ1) is 13.0. The highest BCUT2D eigenvalue weighted by Gasteiger charge is 2.20. The van der Waals surface area contributed by atoms with E-state index in [1.807, 2.05) is 62.4 Å². The molecule has 1 unspecified atom stereocenters. The number of carbonyl (C=O) groups excluding carboxylic acids is 1. The minimum absolute atomic E-state index is 0.0893. The van der Waals surface area contributed by atoms with Crippen molar-refractivity contribution >= 4 is 5.91 Å². The van der Waals surface area contributed by atoms with Gasteiger partial charge in [0.15, 0.2) is 0 Å². The van der Waals surface area contributed by atoms with Gasteiger partial charge in [-0.1, -0.05) is 37.3 Å². The first kappa shape index (κ1) is 18.9. The van der Waals surface area contributed by atoms with Gasteiger partial charge >= 0.3 is 0 Å². The summed E-state index contributed by atoms with van der Waals surface area (Å²) in [6.07, 6.45) is 2.41. The third kappa shape index (κ3) is 4.09. The van der Waals surface area contributed by atoms with Crippen molar-refractivity contribution in [3.63, 3.8) is 0 Å². The molecule has 0 saturated carbocycles. The zero-order valence-electron chi connectivity index (χ0n) is 15.9. The van der Waals surface area contributed by atoms with Crippen LogP contribution in [-0.2, 0) is 0 Å². The molecule has 0 radical (unpaired) electrons. The number of nitrogens with zero attached hydrogens (tertiary/aromatic N) is 2. The maximum atomic E-state index is 12.9. The summed E-state index contributed by atoms with van der Waals surface area (Å²) in [7, 11) is 0. The third-order valence-electron chi connectivity index (χ3n) is 4.81. The molecule has 2 aromatic carbocycles. The SMILES string of the molecule is CCC(CO)NC(=O)c1cn(-c2ccccc2)nc1-c1ccc(C)c(C)c1. The first-order valence-electron chi connectivity index (χ1n) is 9.18. The van der Waals surface area contributed by atoms with Crippen LogP contribution in [0.15, 0.2) is 54.7 Å². The predicted octanol–water partition coefficient (Wildman–Crippen LogP) is 3.66. The van der Waals surface area contributed by atoms with Crippen molar-refractivity contribution in [1.82, 2.24) is 15.1 Å². The van der Waals surface area contributed by atoms with E-state index in [9.17, 15) is 9.90 Å². The van der Waals surface area contributed by atoms with Gasteiger partial charge in [0.25, 0.3) is 5.91 Å². The lowest BCUT2D eigenvalue weighted by atomic mass is 10.0. The van der Waals surface area contributed by atoms with Crippen LogP contribution in [0, 0.1) is 13.8 Å². The lowest BCUT2D eigenvalue weighted by Crippen LogP contribution is -2.37. The number of rotatable bonds is 6. The second-order valence-electron chi connectivity index (χ2n) is 6.73. The summed E-state index contributed by atoms with van der Waals surface area (Å²) in [6.45, 7) is 5.95. The Bertz CT molecular complexity index is 928. The van der Waals surface area contributed by atoms with E-state index >= 15 is 0 Å². The number of nitrogens with one attached hydrogen (secondary N) is 1. The van der Waals surface area contributed by atoms with Crippen molar-refractivity contribution in [2.24, 2.45) is 0 Å². The van der Waals surface area contributed by atoms with Crippen LogP contribution in [0.2, 0.25) is 0 Å². The highest BCUT2D eigenvalue weighted by atomic mass is 16.3. The fourth-order valence-electron chi connectivity index (χ4n) is 2.89. The topological polar surface area (TPSA) is 67.2 Å². The molecule has 1 heterocycles. The van der Waals surface area contributed by atoms with E-state index in [0.29, 0.717) is 17.7 Å². The molecule has 3 aromatic rings. The molecule has 1 aromatic heterocycles. The average Bonchev–Trinajstić information content (AvgIpc) is 3.14. The van der Waals surface area contributed by atoms with Crippen molar-refractivity contribution < 1.29 is 9.90 Å². The molecule has 1 atom stereocenters. The molecule has 0 aliphatic carbocycles. The highest BCUT2D eigenvalue weighted by molar-refractivity contribution is 6.00. The number of hydrogen-bond acceptors (Lipinski definition) is 3. The van der Waals surface area contributed by atoms with Crippen molar-refractivity contribution in [1.29, 1.82) is 0 Å². The standard InChI is InChI=1S/C22H25N3O2/c1-4-18(14-26)23-22(27)20-13-25(19-8-6-5-7-9-19)24-21(20)17-11-10-15(2)16(3)12-17/h5-13,18,26H,4,14H2,1-3H3,(H,23,27). The van der Waals surface area contributed by atoms with E-state index < -0.39 is 0 Å². The number of aliphatic hydroxyl groups excluding tert-OH is 1. The molecule has 0 aliphatic rings. The van der Waals surface area contributed by atoms with Crippen LogP contribution < -0.4 is 5.32 Å². The van der Waals surface area contributed by atoms with Gasteiger partial charge in [0.2, 0.25) is 0 Å². The van der Waals surface area contributed by atoms with Crippen LogP contribution >= 0.6 is 0 Å². The second-order valence-corrected chi connectivity index (χ2v) is 6.73. The zero-order valence-corrected chi connectivity index (χ0v) is 15.9. The molecule has 5 nitrogen and oxygen atoms in total. The van der Waals surface area contributed by atoms with Gasteiger partial charge in [-0.05, 0) is 49.6 Å². The number of hydrogen-bond donors (Lipinski definition) is 2. The van der Waals surface area contributed by atoms with Crippen LogP contribution in [0.5, 0.6) is 0 Å². The smallest absolute Gasteiger partial charge is 0.255 e. The minimum atomic E-state index is -0.273. The Hall–Kier alpha value is -2.92. The van der Waals surface area contributed by atoms with Crippen LogP contribution in [-0.4, -0.2) is 33.4 Å². The Balaban J connectivity index is 2.07. The number of aromatic nitrogens is 2. The van der Waals surface area contributed by atoms with E-state index in [4.69, 9.17) is 5.10 Å². The Labute approximate surface area is 159 Å². The molecule has 0 saturated heterocycles. The molecule has 27 heavy (non-hydrogen) atoms. The fraction of sp³-hybridized carbons (Fsp3) is 0.273. The zero-order chi connectivity index (χ0) is 19.4. The summed E-state index contributed by atoms with van der Waals surface area (Å²) in [4.78, 5) is 12.9. The monoisotopic (exact) mass is 363 g/mol. The van der Waals surface area contributed by atoms with Crippen molar-refractivity contribution in [3.05, 3.63) is 71.4 Å². The fourth-order valence-corrected chi connectivity index (χ4v) is 2.89. The Morgan fingerprint density at radius 1 is 1.15 bits per heavy atom. The largest absolute Gasteiger partial charge is 0.394 e. The molecular formula is C22H25N3O2. The lowest BCUT2D eigenvalue weighted by Gasteiger charge is -2.14. The molecule has 1 amide bonds. The predicted molar refractivity (Wildman–Crippen MR) is 107 cm³/mol. The first-order valence-corrected chi connectivity index (χ1v) is 9.18. The van der Waals surface area contributed by atoms with E-state index in [-0.39, 0.29) is 18.6 Å². The van der Waals surface area contributed by atoms with Crippen LogP contribution in [0.25, 0.3) is 16.9 Å². The maximum absolute atomic E-state index is 12.9. The number of benzene rings is 2. The summed E-state index contributed by atoms with van der Waals surface area (Å²) < 4.78 is 1.72. The van der Waals surface area contributed by atoms with E-state index in [1.165, 1.54) is 5.56 Å².